The summed E-state index contributed by atoms with van der Waals surface area (Å²) in [6.07, 6.45) is 6.07. The molecule has 0 fully saturated rings. The van der Waals surface area contributed by atoms with E-state index in [-0.39, 0.29) is 16.9 Å². The number of aryl methyl sites for hydroxylation is 1. The highest BCUT2D eigenvalue weighted by molar-refractivity contribution is 5.62. The number of halogens is 3. The van der Waals surface area contributed by atoms with Crippen molar-refractivity contribution in [2.24, 2.45) is 0 Å². The van der Waals surface area contributed by atoms with Gasteiger partial charge in [-0.3, -0.25) is 0 Å². The minimum atomic E-state index is -0.970. The molecule has 0 heterocycles. The zero-order valence-electron chi connectivity index (χ0n) is 15.1. The van der Waals surface area contributed by atoms with Crippen molar-refractivity contribution in [3.8, 4) is 11.8 Å². The summed E-state index contributed by atoms with van der Waals surface area (Å²) in [6.45, 7) is 3.89. The highest BCUT2D eigenvalue weighted by atomic mass is 19.2. The van der Waals surface area contributed by atoms with Crippen LogP contribution in [0.25, 0.3) is 6.08 Å². The molecule has 0 amide bonds. The first kappa shape index (κ1) is 18.3. The third kappa shape index (κ3) is 3.55. The lowest BCUT2D eigenvalue weighted by atomic mass is 9.88. The summed E-state index contributed by atoms with van der Waals surface area (Å²) in [5.41, 5.74) is 3.36. The van der Waals surface area contributed by atoms with Gasteiger partial charge in [0, 0.05) is 0 Å². The standard InChI is InChI=1S/C23H21F3/c1-3-5-15-6-13-20-19(14-15)12-11-17(21(20)24)9-10-18-8-7-16(4-2)22(25)23(18)26/h7-8,11-12,14H,3-6,13H2,1-2H3. The average molecular weight is 354 g/mol. The first-order chi connectivity index (χ1) is 12.5. The molecule has 0 aliphatic heterocycles. The van der Waals surface area contributed by atoms with E-state index in [1.807, 2.05) is 6.07 Å². The van der Waals surface area contributed by atoms with Gasteiger partial charge in [-0.15, -0.1) is 0 Å². The summed E-state index contributed by atoms with van der Waals surface area (Å²) in [5, 5.41) is 0. The number of rotatable bonds is 3. The molecule has 26 heavy (non-hydrogen) atoms. The van der Waals surface area contributed by atoms with Crippen molar-refractivity contribution in [1.82, 2.24) is 0 Å². The van der Waals surface area contributed by atoms with Gasteiger partial charge >= 0.3 is 0 Å². The highest BCUT2D eigenvalue weighted by Crippen LogP contribution is 2.29. The SMILES string of the molecule is CCCC1=Cc2ccc(C#Cc3ccc(CC)c(F)c3F)c(F)c2CC1. The molecule has 1 aliphatic carbocycles. The molecule has 0 aromatic heterocycles. The molecule has 0 nitrogen and oxygen atoms in total. The second kappa shape index (κ2) is 7.83. The monoisotopic (exact) mass is 354 g/mol. The normalized spacial score (nSPS) is 12.9. The molecule has 0 unspecified atom stereocenters. The van der Waals surface area contributed by atoms with Gasteiger partial charge in [0.05, 0.1) is 11.1 Å². The molecule has 0 atom stereocenters. The molecule has 1 aliphatic rings. The molecule has 0 N–H and O–H groups in total. The quantitative estimate of drug-likeness (QED) is 0.576. The lowest BCUT2D eigenvalue weighted by molar-refractivity contribution is 0.498. The van der Waals surface area contributed by atoms with Crippen molar-refractivity contribution in [2.75, 3.05) is 0 Å². The second-order valence-electron chi connectivity index (χ2n) is 6.55. The maximum absolute atomic E-state index is 14.8. The Morgan fingerprint density at radius 3 is 2.23 bits per heavy atom. The average Bonchev–Trinajstić information content (AvgIpc) is 2.64. The Balaban J connectivity index is 1.94. The van der Waals surface area contributed by atoms with Crippen molar-refractivity contribution >= 4 is 6.08 Å². The summed E-state index contributed by atoms with van der Waals surface area (Å²) in [6, 6.07) is 6.43. The molecule has 134 valence electrons. The summed E-state index contributed by atoms with van der Waals surface area (Å²) in [7, 11) is 0. The van der Waals surface area contributed by atoms with Crippen LogP contribution in [0.15, 0.2) is 29.8 Å². The summed E-state index contributed by atoms with van der Waals surface area (Å²) in [4.78, 5) is 0. The fraction of sp³-hybridized carbons (Fsp3) is 0.304. The van der Waals surface area contributed by atoms with Gasteiger partial charge in [0.25, 0.3) is 0 Å². The maximum Gasteiger partial charge on any atom is 0.174 e. The van der Waals surface area contributed by atoms with Crippen LogP contribution in [0, 0.1) is 29.3 Å². The van der Waals surface area contributed by atoms with Crippen molar-refractivity contribution in [3.63, 3.8) is 0 Å². The van der Waals surface area contributed by atoms with Gasteiger partial charge in [-0.1, -0.05) is 55.9 Å². The van der Waals surface area contributed by atoms with Crippen molar-refractivity contribution in [2.45, 2.75) is 46.0 Å². The third-order valence-electron chi connectivity index (χ3n) is 4.78. The lowest BCUT2D eigenvalue weighted by Crippen LogP contribution is -2.04. The smallest absolute Gasteiger partial charge is 0.174 e. The number of fused-ring (bicyclic) bond motifs is 1. The Morgan fingerprint density at radius 2 is 1.54 bits per heavy atom. The Hall–Kier alpha value is -2.47. The molecule has 2 aromatic carbocycles. The van der Waals surface area contributed by atoms with Crippen LogP contribution in [0.4, 0.5) is 13.2 Å². The first-order valence-electron chi connectivity index (χ1n) is 9.04. The van der Waals surface area contributed by atoms with E-state index in [0.717, 1.165) is 24.8 Å². The Kier molecular flexibility index (Phi) is 5.52. The minimum Gasteiger partial charge on any atom is -0.205 e. The molecule has 3 rings (SSSR count). The Labute approximate surface area is 152 Å². The molecule has 0 saturated carbocycles. The van der Waals surface area contributed by atoms with E-state index < -0.39 is 11.6 Å². The fourth-order valence-corrected chi connectivity index (χ4v) is 3.31. The largest absolute Gasteiger partial charge is 0.205 e. The van der Waals surface area contributed by atoms with E-state index in [2.05, 4.69) is 24.8 Å². The van der Waals surface area contributed by atoms with Crippen LogP contribution in [-0.2, 0) is 12.8 Å². The molecule has 3 heteroatoms. The predicted molar refractivity (Wildman–Crippen MR) is 99.3 cm³/mol. The lowest BCUT2D eigenvalue weighted by Gasteiger charge is -2.17. The van der Waals surface area contributed by atoms with Crippen LogP contribution < -0.4 is 0 Å². The van der Waals surface area contributed by atoms with Gasteiger partial charge in [-0.25, -0.2) is 13.2 Å². The van der Waals surface area contributed by atoms with Gasteiger partial charge in [-0.2, -0.15) is 0 Å². The van der Waals surface area contributed by atoms with Crippen molar-refractivity contribution in [1.29, 1.82) is 0 Å². The third-order valence-corrected chi connectivity index (χ3v) is 4.78. The minimum absolute atomic E-state index is 0.0538. The van der Waals surface area contributed by atoms with Crippen LogP contribution in [-0.4, -0.2) is 0 Å². The number of benzene rings is 2. The molecule has 0 bridgehead atoms. The molecule has 0 saturated heterocycles. The molecule has 0 radical (unpaired) electrons. The van der Waals surface area contributed by atoms with Gasteiger partial charge < -0.3 is 0 Å². The Morgan fingerprint density at radius 1 is 0.846 bits per heavy atom. The predicted octanol–water partition coefficient (Wildman–Crippen LogP) is 6.20. The molecular formula is C23H21F3. The van der Waals surface area contributed by atoms with Gasteiger partial charge in [-0.05, 0) is 54.5 Å². The molecular weight excluding hydrogens is 333 g/mol. The molecule has 2 aromatic rings. The number of allylic oxidation sites excluding steroid dienone is 1. The number of hydrogen-bond acceptors (Lipinski definition) is 0. The van der Waals surface area contributed by atoms with E-state index in [9.17, 15) is 13.2 Å². The van der Waals surface area contributed by atoms with E-state index in [0.29, 0.717) is 24.0 Å². The zero-order valence-corrected chi connectivity index (χ0v) is 15.1. The highest BCUT2D eigenvalue weighted by Gasteiger charge is 2.16. The number of hydrogen-bond donors (Lipinski definition) is 0. The fourth-order valence-electron chi connectivity index (χ4n) is 3.31. The van der Waals surface area contributed by atoms with Crippen molar-refractivity contribution in [3.05, 3.63) is 75.1 Å². The van der Waals surface area contributed by atoms with E-state index in [1.54, 1.807) is 13.0 Å². The van der Waals surface area contributed by atoms with E-state index in [4.69, 9.17) is 0 Å². The molecule has 0 spiro atoms. The Bertz CT molecular complexity index is 927. The van der Waals surface area contributed by atoms with Gasteiger partial charge in [0.2, 0.25) is 0 Å². The second-order valence-corrected chi connectivity index (χ2v) is 6.55. The van der Waals surface area contributed by atoms with Crippen LogP contribution in [0.2, 0.25) is 0 Å². The van der Waals surface area contributed by atoms with E-state index in [1.165, 1.54) is 17.7 Å². The topological polar surface area (TPSA) is 0 Å². The first-order valence-corrected chi connectivity index (χ1v) is 9.04. The summed E-state index contributed by atoms with van der Waals surface area (Å²) in [5.74, 6) is 3.05. The van der Waals surface area contributed by atoms with Crippen LogP contribution in [0.1, 0.15) is 60.9 Å². The summed E-state index contributed by atoms with van der Waals surface area (Å²) < 4.78 is 42.7. The maximum atomic E-state index is 14.8. The van der Waals surface area contributed by atoms with E-state index >= 15 is 0 Å². The zero-order chi connectivity index (χ0) is 18.7. The van der Waals surface area contributed by atoms with Crippen LogP contribution in [0.3, 0.4) is 0 Å². The van der Waals surface area contributed by atoms with Gasteiger partial charge in [0.1, 0.15) is 5.82 Å². The van der Waals surface area contributed by atoms with Crippen molar-refractivity contribution < 1.29 is 13.2 Å². The van der Waals surface area contributed by atoms with Crippen LogP contribution in [0.5, 0.6) is 0 Å². The summed E-state index contributed by atoms with van der Waals surface area (Å²) >= 11 is 0. The van der Waals surface area contributed by atoms with Crippen LogP contribution >= 0.6 is 0 Å². The van der Waals surface area contributed by atoms with Gasteiger partial charge in [0.15, 0.2) is 11.6 Å².